The van der Waals surface area contributed by atoms with E-state index in [-0.39, 0.29) is 63.0 Å². The highest BCUT2D eigenvalue weighted by Gasteiger charge is 2.34. The smallest absolute Gasteiger partial charge is 0.315 e. The van der Waals surface area contributed by atoms with Crippen molar-refractivity contribution in [3.63, 3.8) is 0 Å². The summed E-state index contributed by atoms with van der Waals surface area (Å²) < 4.78 is 60.1. The largest absolute Gasteiger partial charge is 0.392 e. The number of alkyl halides is 2. The van der Waals surface area contributed by atoms with Gasteiger partial charge in [0.25, 0.3) is 5.91 Å². The number of hydrogen-bond donors (Lipinski definition) is 6. The van der Waals surface area contributed by atoms with Crippen LogP contribution in [-0.2, 0) is 14.3 Å². The number of aliphatic hydroxyl groups excluding tert-OH is 1. The van der Waals surface area contributed by atoms with Gasteiger partial charge in [-0.15, -0.1) is 0 Å². The molecule has 1 aromatic carbocycles. The molecule has 2 heterocycles. The topological polar surface area (TPSA) is 149 Å². The number of quaternary nitrogens is 1. The van der Waals surface area contributed by atoms with Crippen LogP contribution in [0.5, 0.6) is 0 Å². The Labute approximate surface area is 210 Å². The predicted octanol–water partition coefficient (Wildman–Crippen LogP) is -1.82. The first kappa shape index (κ1) is 28.2. The monoisotopic (exact) mass is 535 g/mol. The summed E-state index contributed by atoms with van der Waals surface area (Å²) in [6.07, 6.45) is -4.01. The lowest BCUT2D eigenvalue weighted by molar-refractivity contribution is -0.432. The highest BCUT2D eigenvalue weighted by Crippen LogP contribution is 2.32. The Balaban J connectivity index is 1.65. The van der Waals surface area contributed by atoms with Gasteiger partial charge >= 0.3 is 6.43 Å². The molecule has 0 spiro atoms. The predicted molar refractivity (Wildman–Crippen MR) is 123 cm³/mol. The second kappa shape index (κ2) is 12.8. The van der Waals surface area contributed by atoms with Crippen molar-refractivity contribution in [3.8, 4) is 0 Å². The zero-order chi connectivity index (χ0) is 27.1. The fourth-order valence-electron chi connectivity index (χ4n) is 4.02. The van der Waals surface area contributed by atoms with Gasteiger partial charge in [-0.25, -0.2) is 19.6 Å². The van der Waals surface area contributed by atoms with Crippen LogP contribution in [0.3, 0.4) is 0 Å². The van der Waals surface area contributed by atoms with E-state index in [0.29, 0.717) is 5.70 Å². The van der Waals surface area contributed by atoms with Gasteiger partial charge in [-0.05, 0) is 12.1 Å². The molecule has 0 bridgehead atoms. The molecule has 1 aromatic rings. The van der Waals surface area contributed by atoms with Crippen LogP contribution in [0, 0.1) is 11.6 Å². The standard InChI is InChI=1S/C21H30F4N8O4/c1-27-9-12(30-26)6-17(34)33-5-4-31(3-2-29-33)18-15(22)7-13(8-16(18)23)32-11-14(37-21(32)36)10-28-20(35)19(24)25/h7-9,14,19,21,27,29-30,36H,2-6,10-11,26H2,1H3,(H,28,35)/p+1/b12-9-/t14-,21?/m0/s1. The van der Waals surface area contributed by atoms with E-state index in [1.54, 1.807) is 13.2 Å². The van der Waals surface area contributed by atoms with Gasteiger partial charge in [0.1, 0.15) is 5.69 Å². The number of ether oxygens (including phenoxy) is 1. The third-order valence-corrected chi connectivity index (χ3v) is 5.80. The molecule has 37 heavy (non-hydrogen) atoms. The van der Waals surface area contributed by atoms with E-state index in [1.165, 1.54) is 9.91 Å². The molecule has 0 aromatic heterocycles. The van der Waals surface area contributed by atoms with E-state index in [2.05, 4.69) is 22.0 Å². The molecule has 2 aliphatic heterocycles. The van der Waals surface area contributed by atoms with Crippen molar-refractivity contribution in [2.24, 2.45) is 0 Å². The third kappa shape index (κ3) is 7.12. The number of carbonyl (C=O) groups excluding carboxylic acids is 2. The third-order valence-electron chi connectivity index (χ3n) is 5.80. The SMILES string of the molecule is CN/C=C(/CC(=O)N1CCN(c2c(F)cc(N3C[C@H](CNC(=O)C(F)F)OC3O)cc2F)CCN1)N[NH3+]. The molecule has 2 fully saturated rings. The summed E-state index contributed by atoms with van der Waals surface area (Å²) in [5.41, 5.74) is 5.88. The minimum Gasteiger partial charge on any atom is -0.392 e. The van der Waals surface area contributed by atoms with Crippen molar-refractivity contribution < 1.29 is 42.8 Å². The van der Waals surface area contributed by atoms with Crippen LogP contribution >= 0.6 is 0 Å². The molecule has 2 amide bonds. The maximum atomic E-state index is 15.1. The van der Waals surface area contributed by atoms with Gasteiger partial charge in [-0.3, -0.25) is 20.4 Å². The summed E-state index contributed by atoms with van der Waals surface area (Å²) >= 11 is 0. The molecule has 12 nitrogen and oxygen atoms in total. The second-order valence-corrected chi connectivity index (χ2v) is 8.29. The van der Waals surface area contributed by atoms with E-state index >= 15 is 8.78 Å². The number of nitrogens with zero attached hydrogens (tertiary/aromatic N) is 3. The maximum absolute atomic E-state index is 15.1. The van der Waals surface area contributed by atoms with Crippen LogP contribution in [-0.4, -0.2) is 87.2 Å². The number of carbonyl (C=O) groups is 2. The highest BCUT2D eigenvalue weighted by atomic mass is 19.3. The highest BCUT2D eigenvalue weighted by molar-refractivity contribution is 5.79. The number of amides is 2. The van der Waals surface area contributed by atoms with Crippen LogP contribution in [0.2, 0.25) is 0 Å². The quantitative estimate of drug-likeness (QED) is 0.159. The van der Waals surface area contributed by atoms with Crippen LogP contribution in [0.25, 0.3) is 0 Å². The van der Waals surface area contributed by atoms with Gasteiger partial charge in [0.2, 0.25) is 12.3 Å². The molecular weight excluding hydrogens is 504 g/mol. The van der Waals surface area contributed by atoms with Crippen molar-refractivity contribution in [1.29, 1.82) is 0 Å². The number of anilines is 2. The van der Waals surface area contributed by atoms with Crippen LogP contribution in [0.1, 0.15) is 6.42 Å². The number of nitrogens with one attached hydrogen (secondary N) is 4. The Hall–Kier alpha value is -3.34. The second-order valence-electron chi connectivity index (χ2n) is 8.29. The number of aliphatic hydroxyl groups is 1. The van der Waals surface area contributed by atoms with Crippen molar-refractivity contribution in [2.45, 2.75) is 25.4 Å². The first-order valence-corrected chi connectivity index (χ1v) is 11.5. The van der Waals surface area contributed by atoms with Crippen LogP contribution in [0.4, 0.5) is 28.9 Å². The fourth-order valence-corrected chi connectivity index (χ4v) is 4.02. The molecule has 2 aliphatic rings. The molecule has 0 radical (unpaired) electrons. The van der Waals surface area contributed by atoms with Gasteiger partial charge in [-0.2, -0.15) is 8.78 Å². The summed E-state index contributed by atoms with van der Waals surface area (Å²) in [7, 11) is 1.68. The lowest BCUT2D eigenvalue weighted by Crippen LogP contribution is -2.64. The number of hydrazine groups is 1. The molecule has 0 aliphatic carbocycles. The molecule has 16 heteroatoms. The average molecular weight is 536 g/mol. The van der Waals surface area contributed by atoms with E-state index < -0.39 is 36.5 Å². The van der Waals surface area contributed by atoms with Crippen molar-refractivity contribution in [2.75, 3.05) is 56.1 Å². The minimum atomic E-state index is -3.20. The maximum Gasteiger partial charge on any atom is 0.315 e. The van der Waals surface area contributed by atoms with Gasteiger partial charge in [-0.1, -0.05) is 0 Å². The molecule has 3 rings (SSSR count). The van der Waals surface area contributed by atoms with Gasteiger partial charge < -0.3 is 30.3 Å². The minimum absolute atomic E-state index is 0.0248. The van der Waals surface area contributed by atoms with Crippen LogP contribution < -0.4 is 37.1 Å². The number of hydrogen-bond acceptors (Lipinski definition) is 9. The summed E-state index contributed by atoms with van der Waals surface area (Å²) in [4.78, 5) is 26.3. The Bertz CT molecular complexity index is 978. The zero-order valence-corrected chi connectivity index (χ0v) is 20.1. The zero-order valence-electron chi connectivity index (χ0n) is 20.1. The van der Waals surface area contributed by atoms with E-state index in [1.807, 2.05) is 5.32 Å². The summed E-state index contributed by atoms with van der Waals surface area (Å²) in [6.45, 7) is 0.363. The normalized spacial score (nSPS) is 20.8. The molecule has 2 atom stereocenters. The lowest BCUT2D eigenvalue weighted by atomic mass is 10.2. The van der Waals surface area contributed by atoms with E-state index in [9.17, 15) is 23.5 Å². The van der Waals surface area contributed by atoms with E-state index in [4.69, 9.17) is 4.74 Å². The number of benzene rings is 1. The molecule has 1 unspecified atom stereocenters. The first-order chi connectivity index (χ1) is 17.6. The Morgan fingerprint density at radius 3 is 2.59 bits per heavy atom. The Kier molecular flexibility index (Phi) is 9.73. The number of halogens is 4. The summed E-state index contributed by atoms with van der Waals surface area (Å²) in [5, 5.41) is 16.3. The molecule has 206 valence electrons. The van der Waals surface area contributed by atoms with Crippen molar-refractivity contribution in [1.82, 2.24) is 26.5 Å². The van der Waals surface area contributed by atoms with Crippen molar-refractivity contribution >= 4 is 23.2 Å². The molecular formula is C21H31F4N8O4+. The van der Waals surface area contributed by atoms with Gasteiger partial charge in [0.05, 0.1) is 31.3 Å². The Morgan fingerprint density at radius 1 is 1.27 bits per heavy atom. The number of rotatable bonds is 9. The molecule has 0 saturated carbocycles. The summed E-state index contributed by atoms with van der Waals surface area (Å²) in [6, 6.07) is 2.06. The van der Waals surface area contributed by atoms with Crippen LogP contribution in [0.15, 0.2) is 24.0 Å². The van der Waals surface area contributed by atoms with Gasteiger partial charge in [0.15, 0.2) is 11.6 Å². The average Bonchev–Trinajstić information content (AvgIpc) is 3.06. The first-order valence-electron chi connectivity index (χ1n) is 11.5. The van der Waals surface area contributed by atoms with Gasteiger partial charge in [0, 0.05) is 45.1 Å². The summed E-state index contributed by atoms with van der Waals surface area (Å²) in [5.74, 6) is 0.0252. The lowest BCUT2D eigenvalue weighted by Gasteiger charge is -2.26. The molecule has 2 saturated heterocycles. The Morgan fingerprint density at radius 2 is 1.97 bits per heavy atom. The van der Waals surface area contributed by atoms with E-state index in [0.717, 1.165) is 17.0 Å². The molecule has 8 N–H and O–H groups in total. The fraction of sp³-hybridized carbons (Fsp3) is 0.524. The van der Waals surface area contributed by atoms with Crippen molar-refractivity contribution in [3.05, 3.63) is 35.7 Å².